The van der Waals surface area contributed by atoms with Gasteiger partial charge in [-0.25, -0.2) is 0 Å². The van der Waals surface area contributed by atoms with Crippen LogP contribution in [0.1, 0.15) is 29.8 Å². The summed E-state index contributed by atoms with van der Waals surface area (Å²) in [7, 11) is 0. The molecule has 2 heterocycles. The molecule has 5 nitrogen and oxygen atoms in total. The van der Waals surface area contributed by atoms with Crippen LogP contribution >= 0.6 is 0 Å². The Balaban J connectivity index is 1.66. The van der Waals surface area contributed by atoms with Crippen molar-refractivity contribution < 1.29 is 9.90 Å². The largest absolute Gasteiger partial charge is 0.393 e. The molecule has 2 fully saturated rings. The van der Waals surface area contributed by atoms with E-state index in [9.17, 15) is 9.90 Å². The maximum Gasteiger partial charge on any atom is 0.227 e. The van der Waals surface area contributed by atoms with Gasteiger partial charge in [-0.3, -0.25) is 9.89 Å². The lowest BCUT2D eigenvalue weighted by molar-refractivity contribution is -0.129. The van der Waals surface area contributed by atoms with Gasteiger partial charge in [-0.15, -0.1) is 0 Å². The van der Waals surface area contributed by atoms with Crippen molar-refractivity contribution in [3.63, 3.8) is 0 Å². The molecule has 1 aromatic heterocycles. The highest BCUT2D eigenvalue weighted by Gasteiger charge is 2.43. The number of nitrogens with zero attached hydrogens (tertiary/aromatic N) is 2. The molecule has 0 spiro atoms. The number of hydrogen-bond acceptors (Lipinski definition) is 3. The average molecular weight is 263 g/mol. The van der Waals surface area contributed by atoms with Crippen molar-refractivity contribution in [1.82, 2.24) is 15.1 Å². The third-order valence-electron chi connectivity index (χ3n) is 4.78. The summed E-state index contributed by atoms with van der Waals surface area (Å²) in [5.74, 6) is 0.968. The van der Waals surface area contributed by atoms with Crippen LogP contribution in [0, 0.1) is 25.7 Å². The SMILES string of the molecule is Cc1n[nH]c(C)c1CC(=O)N1CC2CCC(O)C2C1. The molecule has 2 aliphatic rings. The normalized spacial score (nSPS) is 29.8. The molecular formula is C14H21N3O2. The molecule has 1 aliphatic carbocycles. The molecule has 1 saturated carbocycles. The first-order valence-electron chi connectivity index (χ1n) is 7.02. The monoisotopic (exact) mass is 263 g/mol. The molecule has 1 saturated heterocycles. The first-order valence-corrected chi connectivity index (χ1v) is 7.02. The Bertz CT molecular complexity index is 477. The minimum Gasteiger partial charge on any atom is -0.393 e. The summed E-state index contributed by atoms with van der Waals surface area (Å²) in [5, 5.41) is 16.9. The van der Waals surface area contributed by atoms with Crippen LogP contribution in [0.2, 0.25) is 0 Å². The fourth-order valence-corrected chi connectivity index (χ4v) is 3.54. The van der Waals surface area contributed by atoms with E-state index < -0.39 is 0 Å². The van der Waals surface area contributed by atoms with Crippen LogP contribution < -0.4 is 0 Å². The van der Waals surface area contributed by atoms with E-state index in [1.165, 1.54) is 0 Å². The zero-order valence-corrected chi connectivity index (χ0v) is 11.5. The molecule has 3 unspecified atom stereocenters. The standard InChI is InChI=1S/C14H21N3O2/c1-8-11(9(2)16-15-8)5-14(19)17-6-10-3-4-13(18)12(10)7-17/h10,12-13,18H,3-7H2,1-2H3,(H,15,16). The van der Waals surface area contributed by atoms with Gasteiger partial charge in [0.25, 0.3) is 0 Å². The van der Waals surface area contributed by atoms with Crippen molar-refractivity contribution in [3.05, 3.63) is 17.0 Å². The Kier molecular flexibility index (Phi) is 3.09. The predicted molar refractivity (Wildman–Crippen MR) is 70.6 cm³/mol. The highest BCUT2D eigenvalue weighted by molar-refractivity contribution is 5.79. The molecule has 0 aromatic carbocycles. The minimum absolute atomic E-state index is 0.161. The van der Waals surface area contributed by atoms with Gasteiger partial charge in [-0.1, -0.05) is 0 Å². The Morgan fingerprint density at radius 3 is 2.84 bits per heavy atom. The molecule has 3 rings (SSSR count). The molecule has 1 aliphatic heterocycles. The van der Waals surface area contributed by atoms with E-state index in [1.807, 2.05) is 18.7 Å². The van der Waals surface area contributed by atoms with Gasteiger partial charge in [0.05, 0.1) is 18.2 Å². The van der Waals surface area contributed by atoms with E-state index in [0.717, 1.165) is 42.9 Å². The van der Waals surface area contributed by atoms with Gasteiger partial charge in [-0.05, 0) is 32.6 Å². The number of H-pyrrole nitrogens is 1. The second kappa shape index (κ2) is 4.63. The number of carbonyl (C=O) groups excluding carboxylic acids is 1. The Morgan fingerprint density at radius 1 is 1.42 bits per heavy atom. The maximum absolute atomic E-state index is 12.4. The summed E-state index contributed by atoms with van der Waals surface area (Å²) in [6.07, 6.45) is 2.17. The Labute approximate surface area is 113 Å². The zero-order chi connectivity index (χ0) is 13.6. The van der Waals surface area contributed by atoms with Gasteiger partial charge in [0.2, 0.25) is 5.91 Å². The lowest BCUT2D eigenvalue weighted by atomic mass is 10.00. The number of likely N-dealkylation sites (tertiary alicyclic amines) is 1. The highest BCUT2D eigenvalue weighted by Crippen LogP contribution is 2.38. The number of rotatable bonds is 2. The Morgan fingerprint density at radius 2 is 2.21 bits per heavy atom. The fourth-order valence-electron chi connectivity index (χ4n) is 3.54. The van der Waals surface area contributed by atoms with E-state index in [-0.39, 0.29) is 12.0 Å². The summed E-state index contributed by atoms with van der Waals surface area (Å²) in [6.45, 7) is 5.41. The molecule has 0 bridgehead atoms. The molecule has 0 radical (unpaired) electrons. The summed E-state index contributed by atoms with van der Waals surface area (Å²) in [4.78, 5) is 14.3. The summed E-state index contributed by atoms with van der Waals surface area (Å²) >= 11 is 0. The second-order valence-corrected chi connectivity index (χ2v) is 5.96. The number of amides is 1. The number of nitrogens with one attached hydrogen (secondary N) is 1. The number of aliphatic hydroxyl groups is 1. The van der Waals surface area contributed by atoms with Gasteiger partial charge in [0.15, 0.2) is 0 Å². The summed E-state index contributed by atoms with van der Waals surface area (Å²) < 4.78 is 0. The highest BCUT2D eigenvalue weighted by atomic mass is 16.3. The van der Waals surface area contributed by atoms with Gasteiger partial charge >= 0.3 is 0 Å². The smallest absolute Gasteiger partial charge is 0.227 e. The third kappa shape index (κ3) is 2.16. The number of fused-ring (bicyclic) bond motifs is 1. The molecular weight excluding hydrogens is 242 g/mol. The predicted octanol–water partition coefficient (Wildman–Crippen LogP) is 0.798. The van der Waals surface area contributed by atoms with Gasteiger partial charge < -0.3 is 10.0 Å². The van der Waals surface area contributed by atoms with Gasteiger partial charge in [0, 0.05) is 30.3 Å². The summed E-state index contributed by atoms with van der Waals surface area (Å²) in [6, 6.07) is 0. The average Bonchev–Trinajstić information content (AvgIpc) is 3.02. The number of aliphatic hydroxyl groups excluding tert-OH is 1. The molecule has 3 atom stereocenters. The molecule has 2 N–H and O–H groups in total. The van der Waals surface area contributed by atoms with Gasteiger partial charge in [-0.2, -0.15) is 5.10 Å². The first kappa shape index (κ1) is 12.7. The molecule has 1 aromatic rings. The molecule has 104 valence electrons. The molecule has 19 heavy (non-hydrogen) atoms. The van der Waals surface area contributed by atoms with Crippen LogP contribution in [0.15, 0.2) is 0 Å². The van der Waals surface area contributed by atoms with Crippen molar-refractivity contribution in [2.75, 3.05) is 13.1 Å². The number of carbonyl (C=O) groups is 1. The van der Waals surface area contributed by atoms with E-state index in [1.54, 1.807) is 0 Å². The van der Waals surface area contributed by atoms with Crippen molar-refractivity contribution in [2.24, 2.45) is 11.8 Å². The number of hydrogen-bond donors (Lipinski definition) is 2. The zero-order valence-electron chi connectivity index (χ0n) is 11.5. The number of aromatic amines is 1. The van der Waals surface area contributed by atoms with Crippen LogP contribution in [0.3, 0.4) is 0 Å². The number of aromatic nitrogens is 2. The fraction of sp³-hybridized carbons (Fsp3) is 0.714. The minimum atomic E-state index is -0.208. The molecule has 1 amide bonds. The lowest BCUT2D eigenvalue weighted by Crippen LogP contribution is -2.32. The van der Waals surface area contributed by atoms with Crippen LogP contribution in [0.4, 0.5) is 0 Å². The van der Waals surface area contributed by atoms with Crippen LogP contribution in [0.25, 0.3) is 0 Å². The van der Waals surface area contributed by atoms with Crippen molar-refractivity contribution in [1.29, 1.82) is 0 Å². The first-order chi connectivity index (χ1) is 9.06. The van der Waals surface area contributed by atoms with E-state index in [2.05, 4.69) is 10.2 Å². The quantitative estimate of drug-likeness (QED) is 0.829. The topological polar surface area (TPSA) is 69.2 Å². The van der Waals surface area contributed by atoms with E-state index in [4.69, 9.17) is 0 Å². The van der Waals surface area contributed by atoms with E-state index >= 15 is 0 Å². The van der Waals surface area contributed by atoms with E-state index in [0.29, 0.717) is 18.3 Å². The van der Waals surface area contributed by atoms with Crippen LogP contribution in [-0.2, 0) is 11.2 Å². The summed E-state index contributed by atoms with van der Waals surface area (Å²) in [5.41, 5.74) is 2.90. The van der Waals surface area contributed by atoms with Crippen molar-refractivity contribution in [2.45, 2.75) is 39.2 Å². The van der Waals surface area contributed by atoms with Crippen LogP contribution in [-0.4, -0.2) is 45.3 Å². The van der Waals surface area contributed by atoms with Crippen LogP contribution in [0.5, 0.6) is 0 Å². The molecule has 5 heteroatoms. The van der Waals surface area contributed by atoms with Crippen molar-refractivity contribution >= 4 is 5.91 Å². The second-order valence-electron chi connectivity index (χ2n) is 5.96. The van der Waals surface area contributed by atoms with Crippen molar-refractivity contribution in [3.8, 4) is 0 Å². The Hall–Kier alpha value is -1.36. The maximum atomic E-state index is 12.4. The third-order valence-corrected chi connectivity index (χ3v) is 4.78. The van der Waals surface area contributed by atoms with Gasteiger partial charge in [0.1, 0.15) is 0 Å². The lowest BCUT2D eigenvalue weighted by Gasteiger charge is -2.18. The number of aryl methyl sites for hydroxylation is 2.